The highest BCUT2D eigenvalue weighted by Gasteiger charge is 2.27. The summed E-state index contributed by atoms with van der Waals surface area (Å²) in [5.41, 5.74) is -0.764. The Balaban J connectivity index is 0.000000266. The van der Waals surface area contributed by atoms with Crippen LogP contribution in [0.3, 0.4) is 0 Å². The molecule has 0 unspecified atom stereocenters. The van der Waals surface area contributed by atoms with Crippen LogP contribution in [0.15, 0.2) is 44.9 Å². The Morgan fingerprint density at radius 1 is 0.776 bits per heavy atom. The minimum Gasteiger partial charge on any atom is -0.423 e. The highest BCUT2D eigenvalue weighted by atomic mass is 79.9. The molecule has 4 rings (SSSR count). The molecule has 2 aromatic carbocycles. The third kappa shape index (κ3) is 8.34. The zero-order chi connectivity index (χ0) is 37.1. The quantitative estimate of drug-likeness (QED) is 0.139. The summed E-state index contributed by atoms with van der Waals surface area (Å²) < 4.78 is 42.1. The molecule has 10 nitrogen and oxygen atoms in total. The monoisotopic (exact) mass is 780 g/mol. The smallest absolute Gasteiger partial charge is 0.313 e. The van der Waals surface area contributed by atoms with Crippen molar-refractivity contribution < 1.29 is 27.8 Å². The molecule has 0 spiro atoms. The third-order valence-electron chi connectivity index (χ3n) is 6.96. The molecule has 0 atom stereocenters. The molecule has 4 aromatic rings. The second-order valence-corrected chi connectivity index (χ2v) is 12.9. The van der Waals surface area contributed by atoms with Crippen molar-refractivity contribution in [2.24, 2.45) is 25.9 Å². The van der Waals surface area contributed by atoms with E-state index < -0.39 is 46.5 Å². The van der Waals surface area contributed by atoms with E-state index in [1.165, 1.54) is 32.3 Å². The molecule has 260 valence electrons. The first-order valence-electron chi connectivity index (χ1n) is 14.7. The highest BCUT2D eigenvalue weighted by Crippen LogP contribution is 2.40. The lowest BCUT2D eigenvalue weighted by Crippen LogP contribution is -2.26. The number of rotatable bonds is 7. The maximum atomic E-state index is 14.6. The predicted octanol–water partition coefficient (Wildman–Crippen LogP) is 7.62. The second-order valence-electron chi connectivity index (χ2n) is 11.3. The van der Waals surface area contributed by atoms with E-state index in [1.807, 2.05) is 0 Å². The molecule has 0 aliphatic heterocycles. The number of aryl methyl sites for hydroxylation is 4. The van der Waals surface area contributed by atoms with Crippen molar-refractivity contribution in [1.29, 1.82) is 0 Å². The van der Waals surface area contributed by atoms with E-state index in [0.717, 1.165) is 21.5 Å². The Labute approximate surface area is 299 Å². The first-order chi connectivity index (χ1) is 22.8. The number of nitrogens with zero attached hydrogens (tertiary/aromatic N) is 4. The first-order valence-corrected chi connectivity index (χ1v) is 16.2. The van der Waals surface area contributed by atoms with Gasteiger partial charge in [0.05, 0.1) is 28.0 Å². The van der Waals surface area contributed by atoms with Gasteiger partial charge in [-0.1, -0.05) is 63.6 Å². The van der Waals surface area contributed by atoms with E-state index >= 15 is 0 Å². The Kier molecular flexibility index (Phi) is 12.8. The van der Waals surface area contributed by atoms with Crippen LogP contribution >= 0.6 is 39.1 Å². The molecule has 0 fully saturated rings. The van der Waals surface area contributed by atoms with Gasteiger partial charge in [-0.05, 0) is 54.0 Å². The fourth-order valence-electron chi connectivity index (χ4n) is 4.42. The molecule has 0 aliphatic carbocycles. The van der Waals surface area contributed by atoms with Crippen LogP contribution in [0.25, 0.3) is 28.3 Å². The Bertz CT molecular complexity index is 2100. The van der Waals surface area contributed by atoms with E-state index in [2.05, 4.69) is 32.7 Å². The third-order valence-corrected chi connectivity index (χ3v) is 8.66. The van der Waals surface area contributed by atoms with E-state index in [1.54, 1.807) is 41.5 Å². The van der Waals surface area contributed by atoms with Crippen LogP contribution in [0, 0.1) is 37.3 Å². The molecule has 0 radical (unpaired) electrons. The maximum Gasteiger partial charge on any atom is 0.313 e. The number of halogens is 5. The predicted molar refractivity (Wildman–Crippen MR) is 188 cm³/mol. The van der Waals surface area contributed by atoms with Gasteiger partial charge in [0.2, 0.25) is 0 Å². The van der Waals surface area contributed by atoms with Gasteiger partial charge in [0, 0.05) is 40.3 Å². The summed E-state index contributed by atoms with van der Waals surface area (Å²) in [6.07, 6.45) is 1.35. The largest absolute Gasteiger partial charge is 0.423 e. The number of esters is 2. The summed E-state index contributed by atoms with van der Waals surface area (Å²) in [4.78, 5) is 49.3. The summed E-state index contributed by atoms with van der Waals surface area (Å²) in [5.74, 6) is -3.45. The second kappa shape index (κ2) is 16.0. The van der Waals surface area contributed by atoms with Crippen molar-refractivity contribution in [3.05, 3.63) is 94.7 Å². The molecule has 0 amide bonds. The lowest BCUT2D eigenvalue weighted by Gasteiger charge is -2.17. The van der Waals surface area contributed by atoms with Gasteiger partial charge in [-0.25, -0.2) is 18.1 Å². The fourth-order valence-corrected chi connectivity index (χ4v) is 5.33. The van der Waals surface area contributed by atoms with Gasteiger partial charge in [-0.3, -0.25) is 19.2 Å². The van der Waals surface area contributed by atoms with Crippen molar-refractivity contribution in [2.75, 3.05) is 0 Å². The summed E-state index contributed by atoms with van der Waals surface area (Å²) in [5, 5.41) is 8.49. The number of hydrogen-bond donors (Lipinski definition) is 0. The van der Waals surface area contributed by atoms with Crippen molar-refractivity contribution in [2.45, 2.75) is 41.5 Å². The lowest BCUT2D eigenvalue weighted by atomic mass is 9.98. The summed E-state index contributed by atoms with van der Waals surface area (Å²) >= 11 is 15.4. The number of carbonyl (C=O) groups excluding carboxylic acids is 2. The normalized spacial score (nSPS) is 10.9. The number of aromatic nitrogens is 4. The Morgan fingerprint density at radius 2 is 1.16 bits per heavy atom. The molecule has 0 aliphatic rings. The van der Waals surface area contributed by atoms with Crippen molar-refractivity contribution >= 4 is 57.1 Å². The SMILES string of the molecule is C=Cc1c(Cl)ccc(F)c1-c1c(OC(=O)C(C)C)c(C)nn(C)c1=O.Cc1nn(C)c(=O)c(-c2c(F)ccc(Cl)c2Br)c1OC(=O)C(C)C. The van der Waals surface area contributed by atoms with Crippen LogP contribution in [-0.4, -0.2) is 31.5 Å². The minimum absolute atomic E-state index is 0.0693. The van der Waals surface area contributed by atoms with Gasteiger partial charge in [0.25, 0.3) is 11.1 Å². The molecule has 0 saturated carbocycles. The Morgan fingerprint density at radius 3 is 1.57 bits per heavy atom. The van der Waals surface area contributed by atoms with Gasteiger partial charge in [-0.15, -0.1) is 0 Å². The van der Waals surface area contributed by atoms with Crippen molar-refractivity contribution in [1.82, 2.24) is 19.6 Å². The van der Waals surface area contributed by atoms with E-state index in [4.69, 9.17) is 32.7 Å². The summed E-state index contributed by atoms with van der Waals surface area (Å²) in [6, 6.07) is 5.03. The molecule has 49 heavy (non-hydrogen) atoms. The average molecular weight is 782 g/mol. The lowest BCUT2D eigenvalue weighted by molar-refractivity contribution is -0.138. The fraction of sp³-hybridized carbons (Fsp3) is 0.294. The zero-order valence-corrected chi connectivity index (χ0v) is 31.0. The standard InChI is InChI=1S/C18H18ClFN2O3.C16H15BrClFN2O3/c1-6-11-12(19)7-8-13(20)14(11)15-16(25-18(24)9(2)3)10(4)21-22(5)17(15)23;1-7(2)16(23)24-14-8(3)20-21(4)15(22)12(14)11-10(19)6-5-9(18)13(11)17/h6-9H,1H2,2-5H3;5-7H,1-4H3. The van der Waals surface area contributed by atoms with Gasteiger partial charge in [-0.2, -0.15) is 10.2 Å². The average Bonchev–Trinajstić information content (AvgIpc) is 3.03. The molecular weight excluding hydrogens is 749 g/mol. The van der Waals surface area contributed by atoms with Crippen LogP contribution in [0.2, 0.25) is 10.0 Å². The number of hydrogen-bond acceptors (Lipinski definition) is 8. The van der Waals surface area contributed by atoms with Crippen LogP contribution < -0.4 is 20.6 Å². The van der Waals surface area contributed by atoms with Gasteiger partial charge in [0.15, 0.2) is 11.5 Å². The zero-order valence-electron chi connectivity index (χ0n) is 27.9. The summed E-state index contributed by atoms with van der Waals surface area (Å²) in [7, 11) is 2.87. The Hall–Kier alpha value is -4.20. The summed E-state index contributed by atoms with van der Waals surface area (Å²) in [6.45, 7) is 13.4. The molecule has 2 aromatic heterocycles. The van der Waals surface area contributed by atoms with Gasteiger partial charge >= 0.3 is 11.9 Å². The molecular formula is C34H33BrCl2F2N4O6. The topological polar surface area (TPSA) is 122 Å². The molecule has 0 N–H and O–H groups in total. The highest BCUT2D eigenvalue weighted by molar-refractivity contribution is 9.10. The van der Waals surface area contributed by atoms with E-state index in [9.17, 15) is 28.0 Å². The maximum absolute atomic E-state index is 14.6. The number of ether oxygens (including phenoxy) is 2. The number of carbonyl (C=O) groups is 2. The van der Waals surface area contributed by atoms with Crippen LogP contribution in [0.5, 0.6) is 11.5 Å². The van der Waals surface area contributed by atoms with Crippen molar-refractivity contribution in [3.63, 3.8) is 0 Å². The van der Waals surface area contributed by atoms with Gasteiger partial charge < -0.3 is 9.47 Å². The minimum atomic E-state index is -0.677. The van der Waals surface area contributed by atoms with E-state index in [-0.39, 0.29) is 65.2 Å². The van der Waals surface area contributed by atoms with Crippen LogP contribution in [-0.2, 0) is 23.7 Å². The van der Waals surface area contributed by atoms with Gasteiger partial charge in [0.1, 0.15) is 23.0 Å². The molecule has 0 saturated heterocycles. The molecule has 0 bridgehead atoms. The van der Waals surface area contributed by atoms with Crippen LogP contribution in [0.1, 0.15) is 44.6 Å². The first kappa shape index (κ1) is 39.2. The molecule has 15 heteroatoms. The number of benzene rings is 2. The van der Waals surface area contributed by atoms with E-state index in [0.29, 0.717) is 0 Å². The van der Waals surface area contributed by atoms with Crippen molar-refractivity contribution in [3.8, 4) is 33.8 Å². The molecule has 2 heterocycles. The van der Waals surface area contributed by atoms with Crippen LogP contribution in [0.4, 0.5) is 8.78 Å².